The third-order valence-corrected chi connectivity index (χ3v) is 5.75. The fourth-order valence-electron chi connectivity index (χ4n) is 3.35. The average Bonchev–Trinajstić information content (AvgIpc) is 3.54. The molecule has 0 spiro atoms. The van der Waals surface area contributed by atoms with Crippen LogP contribution in [-0.2, 0) is 17.5 Å². The van der Waals surface area contributed by atoms with Crippen molar-refractivity contribution in [3.05, 3.63) is 68.7 Å². The molecule has 0 radical (unpaired) electrons. The van der Waals surface area contributed by atoms with Crippen molar-refractivity contribution in [2.45, 2.75) is 37.9 Å². The van der Waals surface area contributed by atoms with E-state index in [2.05, 4.69) is 31.3 Å². The highest BCUT2D eigenvalue weighted by atomic mass is 79.9. The Balaban J connectivity index is 1.49. The van der Waals surface area contributed by atoms with E-state index in [1.807, 2.05) is 0 Å². The van der Waals surface area contributed by atoms with Crippen LogP contribution in [0.1, 0.15) is 36.6 Å². The number of hydrogen-bond donors (Lipinski definition) is 1. The molecule has 178 valence electrons. The molecule has 13 heteroatoms. The molecule has 1 fully saturated rings. The first-order valence-corrected chi connectivity index (χ1v) is 10.9. The zero-order valence-electron chi connectivity index (χ0n) is 17.4. The standard InChI is InChI=1S/C21H17BrF3N5O4/c22-18-19(12-3-4-12)29(28-20(18)21(23,24)25)7-5-17(31)27-13-8-14(30(32)33)10-16(9-13)34-15-2-1-6-26-11-15/h1-2,6,8-12H,3-5,7H2,(H,27,31). The van der Waals surface area contributed by atoms with E-state index in [-0.39, 0.29) is 40.5 Å². The summed E-state index contributed by atoms with van der Waals surface area (Å²) in [6, 6.07) is 7.00. The highest BCUT2D eigenvalue weighted by molar-refractivity contribution is 9.10. The average molecular weight is 540 g/mol. The third kappa shape index (κ3) is 5.53. The first kappa shape index (κ1) is 23.7. The van der Waals surface area contributed by atoms with Gasteiger partial charge < -0.3 is 10.1 Å². The van der Waals surface area contributed by atoms with Crippen molar-refractivity contribution in [2.75, 3.05) is 5.32 Å². The summed E-state index contributed by atoms with van der Waals surface area (Å²) in [7, 11) is 0. The number of hydrogen-bond acceptors (Lipinski definition) is 6. The molecule has 0 atom stereocenters. The highest BCUT2D eigenvalue weighted by Crippen LogP contribution is 2.47. The van der Waals surface area contributed by atoms with Crippen LogP contribution in [0.15, 0.2) is 47.2 Å². The quantitative estimate of drug-likeness (QED) is 0.291. The van der Waals surface area contributed by atoms with E-state index in [0.29, 0.717) is 11.4 Å². The van der Waals surface area contributed by atoms with E-state index in [1.165, 1.54) is 29.2 Å². The topological polar surface area (TPSA) is 112 Å². The summed E-state index contributed by atoms with van der Waals surface area (Å²) >= 11 is 3.01. The van der Waals surface area contributed by atoms with Crippen LogP contribution in [0.5, 0.6) is 11.5 Å². The molecule has 1 aromatic carbocycles. The van der Waals surface area contributed by atoms with Gasteiger partial charge >= 0.3 is 6.18 Å². The molecule has 0 unspecified atom stereocenters. The number of benzene rings is 1. The van der Waals surface area contributed by atoms with Gasteiger partial charge in [-0.1, -0.05) is 0 Å². The van der Waals surface area contributed by atoms with Gasteiger partial charge in [-0.2, -0.15) is 18.3 Å². The van der Waals surface area contributed by atoms with Crippen LogP contribution in [0, 0.1) is 10.1 Å². The maximum absolute atomic E-state index is 13.3. The van der Waals surface area contributed by atoms with Gasteiger partial charge in [0, 0.05) is 30.7 Å². The van der Waals surface area contributed by atoms with E-state index in [1.54, 1.807) is 12.1 Å². The molecule has 9 nitrogen and oxygen atoms in total. The van der Waals surface area contributed by atoms with Crippen molar-refractivity contribution in [1.82, 2.24) is 14.8 Å². The maximum Gasteiger partial charge on any atom is 0.436 e. The summed E-state index contributed by atoms with van der Waals surface area (Å²) in [6.45, 7) is -0.0830. The number of halogens is 4. The molecule has 1 saturated carbocycles. The molecule has 4 rings (SSSR count). The molecule has 0 bridgehead atoms. The Morgan fingerprint density at radius 1 is 1.29 bits per heavy atom. The molecule has 1 aliphatic carbocycles. The number of non-ortho nitro benzene ring substituents is 1. The number of nitro benzene ring substituents is 1. The summed E-state index contributed by atoms with van der Waals surface area (Å²) in [6.07, 6.45) is -0.346. The second kappa shape index (κ2) is 9.41. The van der Waals surface area contributed by atoms with Gasteiger partial charge in [0.2, 0.25) is 5.91 Å². The monoisotopic (exact) mass is 539 g/mol. The Morgan fingerprint density at radius 2 is 2.06 bits per heavy atom. The lowest BCUT2D eigenvalue weighted by atomic mass is 10.2. The van der Waals surface area contributed by atoms with Gasteiger partial charge in [0.25, 0.3) is 5.69 Å². The summed E-state index contributed by atoms with van der Waals surface area (Å²) in [5.41, 5.74) is -0.801. The van der Waals surface area contributed by atoms with E-state index < -0.39 is 22.7 Å². The summed E-state index contributed by atoms with van der Waals surface area (Å²) < 4.78 is 46.4. The number of aromatic nitrogens is 3. The summed E-state index contributed by atoms with van der Waals surface area (Å²) in [4.78, 5) is 27.1. The molecule has 0 aliphatic heterocycles. The number of pyridine rings is 1. The molecule has 0 saturated heterocycles. The van der Waals surface area contributed by atoms with Crippen LogP contribution in [0.2, 0.25) is 0 Å². The molecule has 3 aromatic rings. The van der Waals surface area contributed by atoms with Crippen molar-refractivity contribution >= 4 is 33.2 Å². The number of alkyl halides is 3. The van der Waals surface area contributed by atoms with Crippen molar-refractivity contribution in [2.24, 2.45) is 0 Å². The fraction of sp³-hybridized carbons (Fsp3) is 0.286. The third-order valence-electron chi connectivity index (χ3n) is 4.97. The number of rotatable bonds is 8. The molecular formula is C21H17BrF3N5O4. The highest BCUT2D eigenvalue weighted by Gasteiger charge is 2.41. The van der Waals surface area contributed by atoms with Gasteiger partial charge in [-0.15, -0.1) is 0 Å². The number of nitrogens with zero attached hydrogens (tertiary/aromatic N) is 4. The number of nitro groups is 1. The Kier molecular flexibility index (Phi) is 6.55. The normalized spacial score (nSPS) is 13.5. The Labute approximate surface area is 199 Å². The Bertz CT molecular complexity index is 1230. The van der Waals surface area contributed by atoms with Gasteiger partial charge in [0.05, 0.1) is 39.6 Å². The van der Waals surface area contributed by atoms with Gasteiger partial charge in [-0.3, -0.25) is 24.6 Å². The minimum absolute atomic E-state index is 0.0370. The number of aryl methyl sites for hydroxylation is 1. The van der Waals surface area contributed by atoms with Crippen molar-refractivity contribution in [3.63, 3.8) is 0 Å². The first-order valence-electron chi connectivity index (χ1n) is 10.1. The fourth-order valence-corrected chi connectivity index (χ4v) is 4.18. The molecular weight excluding hydrogens is 523 g/mol. The number of carbonyl (C=O) groups is 1. The van der Waals surface area contributed by atoms with E-state index in [9.17, 15) is 28.1 Å². The zero-order chi connectivity index (χ0) is 24.5. The van der Waals surface area contributed by atoms with Gasteiger partial charge in [-0.05, 0) is 40.9 Å². The number of nitrogens with one attached hydrogen (secondary N) is 1. The predicted octanol–water partition coefficient (Wildman–Crippen LogP) is 5.67. The molecule has 34 heavy (non-hydrogen) atoms. The predicted molar refractivity (Wildman–Crippen MR) is 118 cm³/mol. The minimum atomic E-state index is -4.62. The minimum Gasteiger partial charge on any atom is -0.455 e. The van der Waals surface area contributed by atoms with Crippen LogP contribution in [0.4, 0.5) is 24.5 Å². The first-order chi connectivity index (χ1) is 16.1. The lowest BCUT2D eigenvalue weighted by Crippen LogP contribution is -2.16. The number of carbonyl (C=O) groups excluding carboxylic acids is 1. The number of anilines is 1. The van der Waals surface area contributed by atoms with Crippen molar-refractivity contribution in [1.29, 1.82) is 0 Å². The molecule has 2 heterocycles. The van der Waals surface area contributed by atoms with Crippen LogP contribution in [-0.4, -0.2) is 25.6 Å². The van der Waals surface area contributed by atoms with Gasteiger partial charge in [0.1, 0.15) is 11.5 Å². The molecule has 2 aromatic heterocycles. The largest absolute Gasteiger partial charge is 0.455 e. The van der Waals surface area contributed by atoms with Crippen molar-refractivity contribution in [3.8, 4) is 11.5 Å². The smallest absolute Gasteiger partial charge is 0.436 e. The molecule has 1 amide bonds. The Morgan fingerprint density at radius 3 is 2.68 bits per heavy atom. The summed E-state index contributed by atoms with van der Waals surface area (Å²) in [5, 5.41) is 17.5. The van der Waals surface area contributed by atoms with E-state index >= 15 is 0 Å². The van der Waals surface area contributed by atoms with E-state index in [4.69, 9.17) is 4.74 Å². The zero-order valence-corrected chi connectivity index (χ0v) is 19.0. The van der Waals surface area contributed by atoms with Crippen LogP contribution >= 0.6 is 15.9 Å². The SMILES string of the molecule is O=C(CCn1nc(C(F)(F)F)c(Br)c1C1CC1)Nc1cc(Oc2cccnc2)cc([N+](=O)[O-])c1. The van der Waals surface area contributed by atoms with Crippen LogP contribution < -0.4 is 10.1 Å². The van der Waals surface area contributed by atoms with Crippen LogP contribution in [0.25, 0.3) is 0 Å². The van der Waals surface area contributed by atoms with Gasteiger partial charge in [-0.25, -0.2) is 0 Å². The van der Waals surface area contributed by atoms with Crippen LogP contribution in [0.3, 0.4) is 0 Å². The molecule has 1 N–H and O–H groups in total. The number of amides is 1. The second-order valence-electron chi connectivity index (χ2n) is 7.60. The van der Waals surface area contributed by atoms with Crippen molar-refractivity contribution < 1.29 is 27.6 Å². The van der Waals surface area contributed by atoms with Gasteiger partial charge in [0.15, 0.2) is 5.69 Å². The summed E-state index contributed by atoms with van der Waals surface area (Å²) in [5.74, 6) is -0.128. The number of ether oxygens (including phenoxy) is 1. The lowest BCUT2D eigenvalue weighted by Gasteiger charge is -2.10. The Hall–Kier alpha value is -3.48. The second-order valence-corrected chi connectivity index (χ2v) is 8.40. The van der Waals surface area contributed by atoms with E-state index in [0.717, 1.165) is 18.9 Å². The maximum atomic E-state index is 13.3. The molecule has 1 aliphatic rings. The lowest BCUT2D eigenvalue weighted by molar-refractivity contribution is -0.384.